The maximum Gasteiger partial charge on any atom is 0.416 e. The lowest BCUT2D eigenvalue weighted by molar-refractivity contribution is -0.384. The van der Waals surface area contributed by atoms with Crippen molar-refractivity contribution in [3.8, 4) is 0 Å². The first-order valence-electron chi connectivity index (χ1n) is 10.9. The van der Waals surface area contributed by atoms with E-state index in [1.807, 2.05) is 6.92 Å². The van der Waals surface area contributed by atoms with Gasteiger partial charge in [0.05, 0.1) is 16.2 Å². The third-order valence-electron chi connectivity index (χ3n) is 7.78. The van der Waals surface area contributed by atoms with Gasteiger partial charge in [0.2, 0.25) is 5.91 Å². The Hall–Kier alpha value is -3.76. The Morgan fingerprint density at radius 2 is 1.71 bits per heavy atom. The Morgan fingerprint density at radius 3 is 2.31 bits per heavy atom. The number of alkyl halides is 3. The molecule has 11 heteroatoms. The average Bonchev–Trinajstić information content (AvgIpc) is 3.07. The van der Waals surface area contributed by atoms with Crippen LogP contribution in [0.5, 0.6) is 0 Å². The first-order chi connectivity index (χ1) is 16.2. The molecule has 0 aromatic heterocycles. The van der Waals surface area contributed by atoms with Gasteiger partial charge in [-0.1, -0.05) is 26.8 Å². The van der Waals surface area contributed by atoms with E-state index in [4.69, 9.17) is 0 Å². The van der Waals surface area contributed by atoms with Crippen LogP contribution in [0, 0.1) is 26.4 Å². The quantitative estimate of drug-likeness (QED) is 0.332. The number of rotatable bonds is 5. The van der Waals surface area contributed by atoms with Crippen molar-refractivity contribution in [2.75, 3.05) is 10.7 Å². The van der Waals surface area contributed by atoms with E-state index in [0.717, 1.165) is 12.1 Å². The Balaban J connectivity index is 1.64. The second kappa shape index (κ2) is 7.89. The maximum atomic E-state index is 13.6. The smallest absolute Gasteiger partial charge is 0.325 e. The Bertz CT molecular complexity index is 1260. The van der Waals surface area contributed by atoms with E-state index in [2.05, 4.69) is 15.8 Å². The normalized spacial score (nSPS) is 26.1. The molecule has 2 aliphatic carbocycles. The monoisotopic (exact) mass is 488 g/mol. The molecular formula is C24H23F3N4O4. The molecule has 2 aromatic carbocycles. The van der Waals surface area contributed by atoms with Crippen molar-refractivity contribution in [1.82, 2.24) is 0 Å². The van der Waals surface area contributed by atoms with Crippen LogP contribution in [0.2, 0.25) is 0 Å². The van der Waals surface area contributed by atoms with Crippen molar-refractivity contribution in [3.63, 3.8) is 0 Å². The van der Waals surface area contributed by atoms with Gasteiger partial charge in [-0.3, -0.25) is 25.1 Å². The van der Waals surface area contributed by atoms with Gasteiger partial charge in [0.15, 0.2) is 5.78 Å². The number of non-ortho nitro benzene ring substituents is 1. The number of hydrogen-bond acceptors (Lipinski definition) is 6. The molecule has 0 spiro atoms. The molecule has 1 amide bonds. The van der Waals surface area contributed by atoms with Crippen LogP contribution < -0.4 is 10.7 Å². The SMILES string of the molecule is CC12CCC(C(=O)Nc3cccc(C(F)(F)F)c3)(C(=O)C1=NNc1ccc([N+](=O)[O-])cc1)C2(C)C. The van der Waals surface area contributed by atoms with Gasteiger partial charge in [-0.15, -0.1) is 0 Å². The molecule has 2 aromatic rings. The van der Waals surface area contributed by atoms with Gasteiger partial charge in [0.25, 0.3) is 5.69 Å². The van der Waals surface area contributed by atoms with Crippen LogP contribution in [-0.4, -0.2) is 22.3 Å². The highest BCUT2D eigenvalue weighted by Crippen LogP contribution is 2.69. The number of Topliss-reactive ketones (excluding diaryl/α,β-unsaturated/α-hetero) is 1. The van der Waals surface area contributed by atoms with Crippen LogP contribution in [0.3, 0.4) is 0 Å². The van der Waals surface area contributed by atoms with Crippen molar-refractivity contribution in [2.24, 2.45) is 21.3 Å². The predicted octanol–water partition coefficient (Wildman–Crippen LogP) is 5.42. The summed E-state index contributed by atoms with van der Waals surface area (Å²) in [6, 6.07) is 9.75. The molecule has 2 unspecified atom stereocenters. The lowest BCUT2D eigenvalue weighted by atomic mass is 9.64. The Morgan fingerprint density at radius 1 is 1.06 bits per heavy atom. The van der Waals surface area contributed by atoms with Crippen molar-refractivity contribution < 1.29 is 27.7 Å². The van der Waals surface area contributed by atoms with Gasteiger partial charge < -0.3 is 5.32 Å². The summed E-state index contributed by atoms with van der Waals surface area (Å²) in [4.78, 5) is 37.4. The largest absolute Gasteiger partial charge is 0.416 e. The minimum Gasteiger partial charge on any atom is -0.325 e. The fourth-order valence-corrected chi connectivity index (χ4v) is 5.26. The molecule has 2 fully saturated rings. The van der Waals surface area contributed by atoms with E-state index < -0.39 is 44.6 Å². The summed E-state index contributed by atoms with van der Waals surface area (Å²) in [6.07, 6.45) is -3.87. The number of amides is 1. The number of hydrazone groups is 1. The summed E-state index contributed by atoms with van der Waals surface area (Å²) in [5, 5.41) is 17.7. The zero-order valence-corrected chi connectivity index (χ0v) is 19.2. The predicted molar refractivity (Wildman–Crippen MR) is 123 cm³/mol. The molecule has 0 saturated heterocycles. The molecule has 2 saturated carbocycles. The van der Waals surface area contributed by atoms with E-state index in [1.165, 1.54) is 36.4 Å². The molecule has 2 bridgehead atoms. The highest BCUT2D eigenvalue weighted by Gasteiger charge is 2.76. The van der Waals surface area contributed by atoms with E-state index >= 15 is 0 Å². The standard InChI is InChI=1S/C24H23F3N4O4/c1-21(2)22(3)11-12-23(21,20(33)28-16-6-4-5-14(13-16)24(25,26)27)19(32)18(22)30-29-15-7-9-17(10-8-15)31(34)35/h4-10,13,29H,11-12H2,1-3H3,(H,28,33). The Labute approximate surface area is 198 Å². The second-order valence-electron chi connectivity index (χ2n) is 9.60. The van der Waals surface area contributed by atoms with E-state index in [0.29, 0.717) is 12.1 Å². The van der Waals surface area contributed by atoms with E-state index in [9.17, 15) is 32.9 Å². The van der Waals surface area contributed by atoms with Crippen molar-refractivity contribution >= 4 is 34.5 Å². The van der Waals surface area contributed by atoms with Crippen LogP contribution in [-0.2, 0) is 15.8 Å². The first kappa shape index (κ1) is 24.4. The number of carbonyl (C=O) groups excluding carboxylic acids is 2. The van der Waals surface area contributed by atoms with Crippen LogP contribution in [0.25, 0.3) is 0 Å². The average molecular weight is 488 g/mol. The number of nitro groups is 1. The third-order valence-corrected chi connectivity index (χ3v) is 7.78. The van der Waals surface area contributed by atoms with Gasteiger partial charge >= 0.3 is 6.18 Å². The van der Waals surface area contributed by atoms with Crippen LogP contribution >= 0.6 is 0 Å². The number of nitrogens with one attached hydrogen (secondary N) is 2. The molecule has 0 aliphatic heterocycles. The molecule has 0 radical (unpaired) electrons. The highest BCUT2D eigenvalue weighted by molar-refractivity contribution is 6.51. The molecule has 35 heavy (non-hydrogen) atoms. The van der Waals surface area contributed by atoms with Gasteiger partial charge in [-0.05, 0) is 48.6 Å². The summed E-state index contributed by atoms with van der Waals surface area (Å²) >= 11 is 0. The number of nitrogens with zero attached hydrogens (tertiary/aromatic N) is 2. The molecule has 0 heterocycles. The van der Waals surface area contributed by atoms with Crippen LogP contribution in [0.1, 0.15) is 39.2 Å². The molecule has 2 N–H and O–H groups in total. The lowest BCUT2D eigenvalue weighted by Crippen LogP contribution is -2.47. The van der Waals surface area contributed by atoms with Gasteiger partial charge in [-0.25, -0.2) is 0 Å². The number of fused-ring (bicyclic) bond motifs is 2. The zero-order chi connectivity index (χ0) is 25.8. The van der Waals surface area contributed by atoms with Crippen molar-refractivity contribution in [1.29, 1.82) is 0 Å². The molecule has 4 rings (SSSR count). The van der Waals surface area contributed by atoms with Crippen molar-refractivity contribution in [3.05, 3.63) is 64.2 Å². The van der Waals surface area contributed by atoms with Crippen molar-refractivity contribution in [2.45, 2.75) is 39.8 Å². The third kappa shape index (κ3) is 3.57. The maximum absolute atomic E-state index is 13.6. The number of halogens is 3. The number of hydrogen-bond donors (Lipinski definition) is 2. The number of nitro benzene ring substituents is 1. The lowest BCUT2D eigenvalue weighted by Gasteiger charge is -2.37. The van der Waals surface area contributed by atoms with Gasteiger partial charge in [0.1, 0.15) is 11.1 Å². The summed E-state index contributed by atoms with van der Waals surface area (Å²) < 4.78 is 39.3. The number of benzene rings is 2. The summed E-state index contributed by atoms with van der Waals surface area (Å²) in [7, 11) is 0. The second-order valence-corrected chi connectivity index (χ2v) is 9.60. The Kier molecular flexibility index (Phi) is 5.49. The highest BCUT2D eigenvalue weighted by atomic mass is 19.4. The summed E-state index contributed by atoms with van der Waals surface area (Å²) in [5.74, 6) is -1.16. The minimum absolute atomic E-state index is 0.0502. The number of ketones is 1. The number of anilines is 2. The van der Waals surface area contributed by atoms with E-state index in [1.54, 1.807) is 13.8 Å². The topological polar surface area (TPSA) is 114 Å². The summed E-state index contributed by atoms with van der Waals surface area (Å²) in [5.41, 5.74) is -0.889. The van der Waals surface area contributed by atoms with E-state index in [-0.39, 0.29) is 23.5 Å². The minimum atomic E-state index is -4.57. The zero-order valence-electron chi connectivity index (χ0n) is 19.2. The fourth-order valence-electron chi connectivity index (χ4n) is 5.26. The number of carbonyl (C=O) groups is 2. The fraction of sp³-hybridized carbons (Fsp3) is 0.375. The van der Waals surface area contributed by atoms with Crippen LogP contribution in [0.15, 0.2) is 53.6 Å². The van der Waals surface area contributed by atoms with Gasteiger partial charge in [0, 0.05) is 23.2 Å². The molecule has 8 nitrogen and oxygen atoms in total. The van der Waals surface area contributed by atoms with Gasteiger partial charge in [-0.2, -0.15) is 18.3 Å². The molecular weight excluding hydrogens is 465 g/mol. The molecule has 184 valence electrons. The van der Waals surface area contributed by atoms with Crippen LogP contribution in [0.4, 0.5) is 30.2 Å². The molecule has 2 aliphatic rings. The summed E-state index contributed by atoms with van der Waals surface area (Å²) in [6.45, 7) is 5.42. The first-order valence-corrected chi connectivity index (χ1v) is 10.9. The molecule has 2 atom stereocenters.